The van der Waals surface area contributed by atoms with Crippen LogP contribution in [0.2, 0.25) is 0 Å². The van der Waals surface area contributed by atoms with Gasteiger partial charge in [-0.05, 0) is 31.4 Å². The normalized spacial score (nSPS) is 13.6. The monoisotopic (exact) mass is 310 g/mol. The van der Waals surface area contributed by atoms with E-state index in [1.54, 1.807) is 6.07 Å². The molecule has 2 aromatic rings. The van der Waals surface area contributed by atoms with E-state index >= 15 is 0 Å². The first-order valence-electron chi connectivity index (χ1n) is 8.16. The van der Waals surface area contributed by atoms with Gasteiger partial charge in [0.1, 0.15) is 17.8 Å². The van der Waals surface area contributed by atoms with Crippen molar-refractivity contribution >= 4 is 11.7 Å². The van der Waals surface area contributed by atoms with Crippen LogP contribution in [0, 0.1) is 0 Å². The molecule has 0 saturated carbocycles. The number of rotatable bonds is 4. The van der Waals surface area contributed by atoms with Gasteiger partial charge in [0.05, 0.1) is 0 Å². The molecule has 23 heavy (non-hydrogen) atoms. The van der Waals surface area contributed by atoms with Crippen LogP contribution in [0.5, 0.6) is 0 Å². The number of hydrogen-bond donors (Lipinski definition) is 0. The summed E-state index contributed by atoms with van der Waals surface area (Å²) >= 11 is 0. The topological polar surface area (TPSA) is 49.3 Å². The Labute approximate surface area is 137 Å². The van der Waals surface area contributed by atoms with Crippen molar-refractivity contribution in [3.05, 3.63) is 53.5 Å². The van der Waals surface area contributed by atoms with E-state index in [0.29, 0.717) is 12.2 Å². The number of fused-ring (bicyclic) bond motifs is 1. The van der Waals surface area contributed by atoms with E-state index in [4.69, 9.17) is 0 Å². The number of carbonyl (C=O) groups is 1. The van der Waals surface area contributed by atoms with E-state index in [2.05, 4.69) is 46.9 Å². The Morgan fingerprint density at radius 3 is 2.65 bits per heavy atom. The summed E-state index contributed by atoms with van der Waals surface area (Å²) in [4.78, 5) is 25.2. The summed E-state index contributed by atoms with van der Waals surface area (Å²) in [6.45, 7) is 7.26. The standard InChI is InChI=1S/C18H22N4O/c1-3-21(4-2)17-11-16(19-13-20-17)18(23)22-10-9-14-7-5-6-8-15(14)12-22/h5-8,11,13H,3-4,9-10,12H2,1-2H3. The molecule has 0 fully saturated rings. The molecule has 120 valence electrons. The van der Waals surface area contributed by atoms with Gasteiger partial charge in [0.2, 0.25) is 0 Å². The van der Waals surface area contributed by atoms with Gasteiger partial charge in [0.15, 0.2) is 0 Å². The molecule has 1 aromatic heterocycles. The van der Waals surface area contributed by atoms with Crippen molar-refractivity contribution in [2.24, 2.45) is 0 Å². The Balaban J connectivity index is 1.80. The van der Waals surface area contributed by atoms with E-state index in [1.165, 1.54) is 17.5 Å². The Morgan fingerprint density at radius 1 is 1.17 bits per heavy atom. The van der Waals surface area contributed by atoms with Gasteiger partial charge in [-0.15, -0.1) is 0 Å². The van der Waals surface area contributed by atoms with Crippen LogP contribution < -0.4 is 4.90 Å². The molecule has 0 spiro atoms. The Hall–Kier alpha value is -2.43. The lowest BCUT2D eigenvalue weighted by Crippen LogP contribution is -2.36. The number of carbonyl (C=O) groups excluding carboxylic acids is 1. The van der Waals surface area contributed by atoms with Crippen LogP contribution in [0.3, 0.4) is 0 Å². The van der Waals surface area contributed by atoms with Crippen LogP contribution in [0.4, 0.5) is 5.82 Å². The summed E-state index contributed by atoms with van der Waals surface area (Å²) in [6, 6.07) is 10.1. The number of nitrogens with zero attached hydrogens (tertiary/aromatic N) is 4. The molecule has 0 radical (unpaired) electrons. The largest absolute Gasteiger partial charge is 0.357 e. The minimum absolute atomic E-state index is 0.0182. The van der Waals surface area contributed by atoms with E-state index in [-0.39, 0.29) is 5.91 Å². The van der Waals surface area contributed by atoms with Gasteiger partial charge in [0, 0.05) is 32.2 Å². The molecule has 1 aromatic carbocycles. The third-order valence-electron chi connectivity index (χ3n) is 4.38. The van der Waals surface area contributed by atoms with Crippen LogP contribution in [0.25, 0.3) is 0 Å². The molecule has 1 aliphatic heterocycles. The van der Waals surface area contributed by atoms with Crippen molar-refractivity contribution < 1.29 is 4.79 Å². The molecule has 0 atom stereocenters. The predicted octanol–water partition coefficient (Wildman–Crippen LogP) is 2.52. The molecular weight excluding hydrogens is 288 g/mol. The zero-order valence-electron chi connectivity index (χ0n) is 13.7. The maximum atomic E-state index is 12.8. The fourth-order valence-corrected chi connectivity index (χ4v) is 3.02. The molecule has 1 aliphatic rings. The maximum absolute atomic E-state index is 12.8. The SMILES string of the molecule is CCN(CC)c1cc(C(=O)N2CCc3ccccc3C2)ncn1. The lowest BCUT2D eigenvalue weighted by atomic mass is 10.00. The molecule has 3 rings (SSSR count). The second-order valence-corrected chi connectivity index (χ2v) is 5.68. The van der Waals surface area contributed by atoms with Crippen molar-refractivity contribution in [1.29, 1.82) is 0 Å². The third kappa shape index (κ3) is 3.18. The number of benzene rings is 1. The van der Waals surface area contributed by atoms with Crippen molar-refractivity contribution in [3.63, 3.8) is 0 Å². The van der Waals surface area contributed by atoms with Crippen LogP contribution in [0.15, 0.2) is 36.7 Å². The van der Waals surface area contributed by atoms with Crippen LogP contribution in [-0.4, -0.2) is 40.4 Å². The predicted molar refractivity (Wildman–Crippen MR) is 90.5 cm³/mol. The summed E-state index contributed by atoms with van der Waals surface area (Å²) in [5.41, 5.74) is 3.04. The highest BCUT2D eigenvalue weighted by Crippen LogP contribution is 2.20. The fraction of sp³-hybridized carbons (Fsp3) is 0.389. The first kappa shape index (κ1) is 15.5. The Kier molecular flexibility index (Phi) is 4.55. The van der Waals surface area contributed by atoms with Gasteiger partial charge in [-0.3, -0.25) is 4.79 Å². The Morgan fingerprint density at radius 2 is 1.91 bits per heavy atom. The summed E-state index contributed by atoms with van der Waals surface area (Å²) in [5.74, 6) is 0.793. The first-order valence-corrected chi connectivity index (χ1v) is 8.16. The molecular formula is C18H22N4O. The molecule has 2 heterocycles. The molecule has 0 saturated heterocycles. The number of amides is 1. The lowest BCUT2D eigenvalue weighted by molar-refractivity contribution is 0.0728. The second kappa shape index (κ2) is 6.77. The first-order chi connectivity index (χ1) is 11.2. The number of hydrogen-bond acceptors (Lipinski definition) is 4. The number of aromatic nitrogens is 2. The molecule has 0 bridgehead atoms. The van der Waals surface area contributed by atoms with Crippen molar-refractivity contribution in [2.45, 2.75) is 26.8 Å². The molecule has 1 amide bonds. The highest BCUT2D eigenvalue weighted by molar-refractivity contribution is 5.93. The Bertz CT molecular complexity index is 697. The highest BCUT2D eigenvalue weighted by Gasteiger charge is 2.23. The van der Waals surface area contributed by atoms with Crippen molar-refractivity contribution in [3.8, 4) is 0 Å². The van der Waals surface area contributed by atoms with Gasteiger partial charge in [0.25, 0.3) is 5.91 Å². The van der Waals surface area contributed by atoms with E-state index in [9.17, 15) is 4.79 Å². The minimum atomic E-state index is -0.0182. The minimum Gasteiger partial charge on any atom is -0.357 e. The van der Waals surface area contributed by atoms with Crippen LogP contribution in [-0.2, 0) is 13.0 Å². The van der Waals surface area contributed by atoms with Crippen LogP contribution >= 0.6 is 0 Å². The molecule has 0 aliphatic carbocycles. The summed E-state index contributed by atoms with van der Waals surface area (Å²) in [7, 11) is 0. The summed E-state index contributed by atoms with van der Waals surface area (Å²) in [5, 5.41) is 0. The smallest absolute Gasteiger partial charge is 0.272 e. The summed E-state index contributed by atoms with van der Waals surface area (Å²) < 4.78 is 0. The van der Waals surface area contributed by atoms with Crippen molar-refractivity contribution in [2.75, 3.05) is 24.5 Å². The van der Waals surface area contributed by atoms with E-state index in [0.717, 1.165) is 31.9 Å². The van der Waals surface area contributed by atoms with Crippen LogP contribution in [0.1, 0.15) is 35.5 Å². The fourth-order valence-electron chi connectivity index (χ4n) is 3.02. The second-order valence-electron chi connectivity index (χ2n) is 5.68. The average Bonchev–Trinajstić information content (AvgIpc) is 2.62. The molecule has 0 unspecified atom stereocenters. The quantitative estimate of drug-likeness (QED) is 0.871. The third-order valence-corrected chi connectivity index (χ3v) is 4.38. The van der Waals surface area contributed by atoms with Gasteiger partial charge < -0.3 is 9.80 Å². The zero-order chi connectivity index (χ0) is 16.2. The molecule has 5 nitrogen and oxygen atoms in total. The molecule has 5 heteroatoms. The van der Waals surface area contributed by atoms with Crippen molar-refractivity contribution in [1.82, 2.24) is 14.9 Å². The lowest BCUT2D eigenvalue weighted by Gasteiger charge is -2.29. The van der Waals surface area contributed by atoms with Gasteiger partial charge >= 0.3 is 0 Å². The average molecular weight is 310 g/mol. The van der Waals surface area contributed by atoms with E-state index < -0.39 is 0 Å². The zero-order valence-corrected chi connectivity index (χ0v) is 13.7. The summed E-state index contributed by atoms with van der Waals surface area (Å²) in [6.07, 6.45) is 2.38. The van der Waals surface area contributed by atoms with E-state index in [1.807, 2.05) is 11.0 Å². The molecule has 0 N–H and O–H groups in total. The van der Waals surface area contributed by atoms with Gasteiger partial charge in [-0.1, -0.05) is 24.3 Å². The van der Waals surface area contributed by atoms with Gasteiger partial charge in [-0.25, -0.2) is 9.97 Å². The number of anilines is 1. The van der Waals surface area contributed by atoms with Gasteiger partial charge in [-0.2, -0.15) is 0 Å². The highest BCUT2D eigenvalue weighted by atomic mass is 16.2. The maximum Gasteiger partial charge on any atom is 0.272 e.